The number of imidazole rings is 1. The summed E-state index contributed by atoms with van der Waals surface area (Å²) in [5.74, 6) is 1.94. The van der Waals surface area contributed by atoms with E-state index in [-0.39, 0.29) is 12.7 Å². The fourth-order valence-electron chi connectivity index (χ4n) is 4.50. The molecule has 2 aromatic rings. The van der Waals surface area contributed by atoms with Gasteiger partial charge in [-0.1, -0.05) is 0 Å². The first-order valence-corrected chi connectivity index (χ1v) is 9.75. The number of hydrogen-bond acceptors (Lipinski definition) is 5. The van der Waals surface area contributed by atoms with Gasteiger partial charge in [-0.25, -0.2) is 4.98 Å². The summed E-state index contributed by atoms with van der Waals surface area (Å²) < 4.78 is 13.7. The van der Waals surface area contributed by atoms with E-state index in [1.807, 2.05) is 6.20 Å². The van der Waals surface area contributed by atoms with E-state index in [4.69, 9.17) is 9.47 Å². The SMILES string of the molecule is COc1cc(C)c(-c2nccn2[C@@H]2C[C@H]3CO[C@@H](CCO)CN3C2)cc1C. The third-order valence-corrected chi connectivity index (χ3v) is 5.96. The summed E-state index contributed by atoms with van der Waals surface area (Å²) in [6.45, 7) is 7.05. The van der Waals surface area contributed by atoms with Crippen molar-refractivity contribution in [3.8, 4) is 17.1 Å². The number of nitrogens with zero attached hydrogens (tertiary/aromatic N) is 3. The second-order valence-corrected chi connectivity index (χ2v) is 7.76. The van der Waals surface area contributed by atoms with Crippen LogP contribution in [0.25, 0.3) is 11.4 Å². The Bertz CT molecular complexity index is 804. The number of aliphatic hydroxyl groups is 1. The highest BCUT2D eigenvalue weighted by Crippen LogP contribution is 2.35. The third kappa shape index (κ3) is 3.49. The Balaban J connectivity index is 1.58. The Morgan fingerprint density at radius 2 is 2.07 bits per heavy atom. The second kappa shape index (κ2) is 7.62. The molecule has 27 heavy (non-hydrogen) atoms. The maximum Gasteiger partial charge on any atom is 0.140 e. The van der Waals surface area contributed by atoms with Crippen molar-refractivity contribution in [2.75, 3.05) is 33.4 Å². The van der Waals surface area contributed by atoms with Crippen LogP contribution in [0.5, 0.6) is 5.75 Å². The summed E-state index contributed by atoms with van der Waals surface area (Å²) in [7, 11) is 1.71. The van der Waals surface area contributed by atoms with Crippen LogP contribution in [0.1, 0.15) is 30.0 Å². The van der Waals surface area contributed by atoms with Gasteiger partial charge in [-0.05, 0) is 49.9 Å². The highest BCUT2D eigenvalue weighted by Gasteiger charge is 2.38. The van der Waals surface area contributed by atoms with Crippen molar-refractivity contribution in [2.45, 2.75) is 44.9 Å². The topological polar surface area (TPSA) is 59.8 Å². The van der Waals surface area contributed by atoms with Crippen LogP contribution in [0.2, 0.25) is 0 Å². The van der Waals surface area contributed by atoms with Crippen LogP contribution < -0.4 is 4.74 Å². The van der Waals surface area contributed by atoms with Gasteiger partial charge in [-0.15, -0.1) is 0 Å². The smallest absolute Gasteiger partial charge is 0.140 e. The van der Waals surface area contributed by atoms with Crippen molar-refractivity contribution in [2.24, 2.45) is 0 Å². The molecule has 2 fully saturated rings. The molecule has 3 atom stereocenters. The van der Waals surface area contributed by atoms with E-state index >= 15 is 0 Å². The molecular formula is C21H29N3O3. The quantitative estimate of drug-likeness (QED) is 0.875. The lowest BCUT2D eigenvalue weighted by molar-refractivity contribution is -0.0567. The van der Waals surface area contributed by atoms with E-state index in [0.29, 0.717) is 18.5 Å². The van der Waals surface area contributed by atoms with Gasteiger partial charge in [0, 0.05) is 49.7 Å². The summed E-state index contributed by atoms with van der Waals surface area (Å²) in [4.78, 5) is 7.21. The number of morpholine rings is 1. The number of methoxy groups -OCH3 is 1. The minimum atomic E-state index is 0.152. The molecule has 0 unspecified atom stereocenters. The zero-order valence-corrected chi connectivity index (χ0v) is 16.4. The molecule has 2 aliphatic heterocycles. The first-order valence-electron chi connectivity index (χ1n) is 9.75. The molecule has 1 aromatic carbocycles. The van der Waals surface area contributed by atoms with Crippen molar-refractivity contribution in [1.82, 2.24) is 14.5 Å². The molecule has 6 nitrogen and oxygen atoms in total. The predicted molar refractivity (Wildman–Crippen MR) is 104 cm³/mol. The van der Waals surface area contributed by atoms with Crippen LogP contribution in [-0.2, 0) is 4.74 Å². The number of aliphatic hydroxyl groups excluding tert-OH is 1. The number of hydrogen-bond donors (Lipinski definition) is 1. The monoisotopic (exact) mass is 371 g/mol. The molecule has 1 aromatic heterocycles. The third-order valence-electron chi connectivity index (χ3n) is 5.96. The maximum absolute atomic E-state index is 9.19. The van der Waals surface area contributed by atoms with Gasteiger partial charge in [-0.3, -0.25) is 4.90 Å². The second-order valence-electron chi connectivity index (χ2n) is 7.76. The molecule has 4 rings (SSSR count). The van der Waals surface area contributed by atoms with E-state index in [0.717, 1.165) is 48.8 Å². The number of benzene rings is 1. The number of aromatic nitrogens is 2. The maximum atomic E-state index is 9.19. The van der Waals surface area contributed by atoms with Gasteiger partial charge in [0.05, 0.1) is 19.8 Å². The van der Waals surface area contributed by atoms with Gasteiger partial charge < -0.3 is 19.1 Å². The fourth-order valence-corrected chi connectivity index (χ4v) is 4.50. The minimum absolute atomic E-state index is 0.152. The van der Waals surface area contributed by atoms with Crippen LogP contribution in [0.15, 0.2) is 24.5 Å². The fraction of sp³-hybridized carbons (Fsp3) is 0.571. The van der Waals surface area contributed by atoms with E-state index in [9.17, 15) is 5.11 Å². The predicted octanol–water partition coefficient (Wildman–Crippen LogP) is 2.57. The Hall–Kier alpha value is -1.89. The zero-order valence-electron chi connectivity index (χ0n) is 16.4. The standard InChI is InChI=1S/C21H29N3O3/c1-14-9-20(26-3)15(2)8-19(14)21-22-5-6-24(21)16-10-17-13-27-18(4-7-25)12-23(17)11-16/h5-6,8-9,16-18,25H,4,7,10-13H2,1-3H3/t16-,17+,18+/m1/s1. The highest BCUT2D eigenvalue weighted by molar-refractivity contribution is 5.64. The zero-order chi connectivity index (χ0) is 19.0. The van der Waals surface area contributed by atoms with E-state index < -0.39 is 0 Å². The molecule has 2 aliphatic rings. The number of ether oxygens (including phenoxy) is 2. The van der Waals surface area contributed by atoms with Crippen molar-refractivity contribution < 1.29 is 14.6 Å². The molecule has 3 heterocycles. The average molecular weight is 371 g/mol. The Morgan fingerprint density at radius 1 is 1.22 bits per heavy atom. The van der Waals surface area contributed by atoms with Crippen LogP contribution in [-0.4, -0.2) is 65.1 Å². The van der Waals surface area contributed by atoms with Crippen molar-refractivity contribution in [3.05, 3.63) is 35.7 Å². The minimum Gasteiger partial charge on any atom is -0.496 e. The van der Waals surface area contributed by atoms with Crippen LogP contribution in [0, 0.1) is 13.8 Å². The molecule has 146 valence electrons. The number of rotatable bonds is 5. The number of aryl methyl sites for hydroxylation is 2. The summed E-state index contributed by atoms with van der Waals surface area (Å²) in [6, 6.07) is 5.12. The highest BCUT2D eigenvalue weighted by atomic mass is 16.5. The van der Waals surface area contributed by atoms with Crippen LogP contribution in [0.3, 0.4) is 0 Å². The van der Waals surface area contributed by atoms with E-state index in [1.54, 1.807) is 7.11 Å². The lowest BCUT2D eigenvalue weighted by atomic mass is 10.0. The molecule has 0 bridgehead atoms. The van der Waals surface area contributed by atoms with Crippen LogP contribution >= 0.6 is 0 Å². The van der Waals surface area contributed by atoms with E-state index in [1.165, 1.54) is 5.56 Å². The summed E-state index contributed by atoms with van der Waals surface area (Å²) in [5, 5.41) is 9.19. The molecular weight excluding hydrogens is 342 g/mol. The molecule has 6 heteroatoms. The number of fused-ring (bicyclic) bond motifs is 1. The molecule has 1 N–H and O–H groups in total. The van der Waals surface area contributed by atoms with Gasteiger partial charge in [0.25, 0.3) is 0 Å². The molecule has 0 spiro atoms. The summed E-state index contributed by atoms with van der Waals surface area (Å²) in [5.41, 5.74) is 3.46. The first-order chi connectivity index (χ1) is 13.1. The van der Waals surface area contributed by atoms with Gasteiger partial charge in [0.2, 0.25) is 0 Å². The van der Waals surface area contributed by atoms with E-state index in [2.05, 4.69) is 46.6 Å². The Kier molecular flexibility index (Phi) is 5.21. The summed E-state index contributed by atoms with van der Waals surface area (Å²) in [6.07, 6.45) is 5.94. The molecule has 0 saturated carbocycles. The van der Waals surface area contributed by atoms with Crippen molar-refractivity contribution in [3.63, 3.8) is 0 Å². The molecule has 0 radical (unpaired) electrons. The van der Waals surface area contributed by atoms with Gasteiger partial charge in [-0.2, -0.15) is 0 Å². The van der Waals surface area contributed by atoms with Crippen molar-refractivity contribution in [1.29, 1.82) is 0 Å². The first kappa shape index (κ1) is 18.5. The van der Waals surface area contributed by atoms with Gasteiger partial charge in [0.15, 0.2) is 0 Å². The Labute approximate surface area is 160 Å². The molecule has 0 amide bonds. The lowest BCUT2D eigenvalue weighted by Gasteiger charge is -2.34. The largest absolute Gasteiger partial charge is 0.496 e. The average Bonchev–Trinajstić information content (AvgIpc) is 3.29. The van der Waals surface area contributed by atoms with Gasteiger partial charge in [0.1, 0.15) is 11.6 Å². The summed E-state index contributed by atoms with van der Waals surface area (Å²) >= 11 is 0. The normalized spacial score (nSPS) is 25.6. The Morgan fingerprint density at radius 3 is 2.85 bits per heavy atom. The van der Waals surface area contributed by atoms with Crippen LogP contribution in [0.4, 0.5) is 0 Å². The van der Waals surface area contributed by atoms with Crippen molar-refractivity contribution >= 4 is 0 Å². The lowest BCUT2D eigenvalue weighted by Crippen LogP contribution is -2.46. The molecule has 0 aliphatic carbocycles. The molecule has 2 saturated heterocycles. The van der Waals surface area contributed by atoms with Gasteiger partial charge >= 0.3 is 0 Å².